The lowest BCUT2D eigenvalue weighted by Crippen LogP contribution is -2.22. The molecule has 116 valence electrons. The first-order valence-corrected chi connectivity index (χ1v) is 7.91. The second-order valence-corrected chi connectivity index (χ2v) is 5.61. The van der Waals surface area contributed by atoms with Crippen LogP contribution in [-0.2, 0) is 6.54 Å². The first-order chi connectivity index (χ1) is 11.2. The van der Waals surface area contributed by atoms with Crippen molar-refractivity contribution in [2.45, 2.75) is 6.54 Å². The molecule has 0 bridgehead atoms. The second kappa shape index (κ2) is 6.93. The van der Waals surface area contributed by atoms with Gasteiger partial charge in [-0.15, -0.1) is 0 Å². The number of nitrogens with one attached hydrogen (secondary N) is 2. The van der Waals surface area contributed by atoms with Crippen LogP contribution in [0.15, 0.2) is 63.9 Å². The van der Waals surface area contributed by atoms with Gasteiger partial charge in [0.25, 0.3) is 11.8 Å². The number of benzene rings is 1. The van der Waals surface area contributed by atoms with Crippen molar-refractivity contribution in [2.75, 3.05) is 5.32 Å². The molecule has 3 rings (SSSR count). The standard InChI is InChI=1S/C17H14N2O3S/c20-16(13-6-8-23-11-13)18-10-12-3-1-4-14(9-12)19-17(21)15-5-2-7-22-15/h1-9,11H,10H2,(H,18,20)(H,19,21). The molecule has 2 amide bonds. The van der Waals surface area contributed by atoms with Crippen LogP contribution in [0.3, 0.4) is 0 Å². The van der Waals surface area contributed by atoms with Crippen molar-refractivity contribution >= 4 is 28.8 Å². The summed E-state index contributed by atoms with van der Waals surface area (Å²) in [7, 11) is 0. The van der Waals surface area contributed by atoms with Crippen molar-refractivity contribution in [2.24, 2.45) is 0 Å². The maximum atomic E-state index is 11.9. The lowest BCUT2D eigenvalue weighted by atomic mass is 10.2. The lowest BCUT2D eigenvalue weighted by Gasteiger charge is -2.07. The Morgan fingerprint density at radius 3 is 2.74 bits per heavy atom. The molecule has 6 heteroatoms. The third-order valence-electron chi connectivity index (χ3n) is 3.17. The molecule has 0 aliphatic carbocycles. The number of hydrogen-bond donors (Lipinski definition) is 2. The average Bonchev–Trinajstić information content (AvgIpc) is 3.25. The fourth-order valence-electron chi connectivity index (χ4n) is 2.04. The molecule has 0 atom stereocenters. The topological polar surface area (TPSA) is 71.3 Å². The van der Waals surface area contributed by atoms with Crippen LogP contribution in [0.1, 0.15) is 26.5 Å². The molecule has 0 spiro atoms. The first-order valence-electron chi connectivity index (χ1n) is 6.96. The minimum absolute atomic E-state index is 0.115. The maximum absolute atomic E-state index is 11.9. The van der Waals surface area contributed by atoms with E-state index in [9.17, 15) is 9.59 Å². The number of carbonyl (C=O) groups is 2. The third-order valence-corrected chi connectivity index (χ3v) is 3.85. The molecule has 1 aromatic carbocycles. The highest BCUT2D eigenvalue weighted by Crippen LogP contribution is 2.13. The van der Waals surface area contributed by atoms with Gasteiger partial charge in [0.05, 0.1) is 6.26 Å². The van der Waals surface area contributed by atoms with Gasteiger partial charge in [-0.2, -0.15) is 11.3 Å². The van der Waals surface area contributed by atoms with Crippen molar-refractivity contribution in [3.8, 4) is 0 Å². The molecule has 3 aromatic rings. The number of amides is 2. The molecule has 2 heterocycles. The minimum atomic E-state index is -0.311. The van der Waals surface area contributed by atoms with Gasteiger partial charge in [-0.05, 0) is 41.3 Å². The maximum Gasteiger partial charge on any atom is 0.291 e. The Kier molecular flexibility index (Phi) is 4.54. The van der Waals surface area contributed by atoms with Crippen LogP contribution in [0.2, 0.25) is 0 Å². The van der Waals surface area contributed by atoms with Crippen LogP contribution >= 0.6 is 11.3 Å². The summed E-state index contributed by atoms with van der Waals surface area (Å²) in [6, 6.07) is 12.3. The third kappa shape index (κ3) is 3.87. The second-order valence-electron chi connectivity index (χ2n) is 4.83. The van der Waals surface area contributed by atoms with E-state index in [4.69, 9.17) is 4.42 Å². The highest BCUT2D eigenvalue weighted by atomic mass is 32.1. The van der Waals surface area contributed by atoms with Crippen LogP contribution < -0.4 is 10.6 Å². The molecule has 0 aliphatic heterocycles. The highest BCUT2D eigenvalue weighted by Gasteiger charge is 2.09. The Labute approximate surface area is 136 Å². The molecular formula is C17H14N2O3S. The van der Waals surface area contributed by atoms with Crippen molar-refractivity contribution in [1.29, 1.82) is 0 Å². The fraction of sp³-hybridized carbons (Fsp3) is 0.0588. The largest absolute Gasteiger partial charge is 0.459 e. The van der Waals surface area contributed by atoms with Crippen LogP contribution in [0.4, 0.5) is 5.69 Å². The van der Waals surface area contributed by atoms with Crippen LogP contribution in [0.25, 0.3) is 0 Å². The first kappa shape index (κ1) is 15.1. The zero-order chi connectivity index (χ0) is 16.1. The molecule has 0 saturated carbocycles. The number of anilines is 1. The van der Waals surface area contributed by atoms with Crippen molar-refractivity contribution < 1.29 is 14.0 Å². The van der Waals surface area contributed by atoms with Crippen LogP contribution in [0.5, 0.6) is 0 Å². The van der Waals surface area contributed by atoms with Gasteiger partial charge in [-0.25, -0.2) is 0 Å². The van der Waals surface area contributed by atoms with Gasteiger partial charge in [0.2, 0.25) is 0 Å². The van der Waals surface area contributed by atoms with Gasteiger partial charge in [-0.1, -0.05) is 12.1 Å². The Morgan fingerprint density at radius 2 is 2.00 bits per heavy atom. The summed E-state index contributed by atoms with van der Waals surface area (Å²) in [6.07, 6.45) is 1.45. The van der Waals surface area contributed by atoms with E-state index < -0.39 is 0 Å². The molecule has 0 aliphatic rings. The fourth-order valence-corrected chi connectivity index (χ4v) is 2.67. The zero-order valence-electron chi connectivity index (χ0n) is 12.1. The van der Waals surface area contributed by atoms with Crippen LogP contribution in [0, 0.1) is 0 Å². The summed E-state index contributed by atoms with van der Waals surface area (Å²) in [5.41, 5.74) is 2.19. The molecule has 0 radical (unpaired) electrons. The SMILES string of the molecule is O=C(NCc1cccc(NC(=O)c2ccco2)c1)c1ccsc1. The number of thiophene rings is 1. The number of hydrogen-bond acceptors (Lipinski definition) is 4. The Bertz CT molecular complexity index is 795. The molecule has 2 N–H and O–H groups in total. The van der Waals surface area contributed by atoms with Gasteiger partial charge < -0.3 is 15.1 Å². The summed E-state index contributed by atoms with van der Waals surface area (Å²) in [5.74, 6) is -0.174. The van der Waals surface area contributed by atoms with E-state index in [0.29, 0.717) is 17.8 Å². The smallest absolute Gasteiger partial charge is 0.291 e. The van der Waals surface area contributed by atoms with Crippen LogP contribution in [-0.4, -0.2) is 11.8 Å². The monoisotopic (exact) mass is 326 g/mol. The summed E-state index contributed by atoms with van der Waals surface area (Å²) in [4.78, 5) is 23.8. The summed E-state index contributed by atoms with van der Waals surface area (Å²) < 4.78 is 5.05. The minimum Gasteiger partial charge on any atom is -0.459 e. The van der Waals surface area contributed by atoms with Crippen molar-refractivity contribution in [3.05, 3.63) is 76.4 Å². The molecule has 0 saturated heterocycles. The number of furan rings is 1. The van der Waals surface area contributed by atoms with E-state index >= 15 is 0 Å². The summed E-state index contributed by atoms with van der Waals surface area (Å²) in [6.45, 7) is 0.388. The predicted molar refractivity (Wildman–Crippen MR) is 88.6 cm³/mol. The van der Waals surface area contributed by atoms with E-state index in [1.54, 1.807) is 29.6 Å². The van der Waals surface area contributed by atoms with Crippen molar-refractivity contribution in [1.82, 2.24) is 5.32 Å². The zero-order valence-corrected chi connectivity index (χ0v) is 12.9. The van der Waals surface area contributed by atoms with Gasteiger partial charge in [0, 0.05) is 23.2 Å². The number of rotatable bonds is 5. The Balaban J connectivity index is 1.61. The van der Waals surface area contributed by atoms with Gasteiger partial charge in [0.1, 0.15) is 0 Å². The molecule has 23 heavy (non-hydrogen) atoms. The quantitative estimate of drug-likeness (QED) is 0.753. The van der Waals surface area contributed by atoms with E-state index in [1.807, 2.05) is 23.6 Å². The Hall–Kier alpha value is -2.86. The predicted octanol–water partition coefficient (Wildman–Crippen LogP) is 3.52. The van der Waals surface area contributed by atoms with Gasteiger partial charge >= 0.3 is 0 Å². The number of carbonyl (C=O) groups excluding carboxylic acids is 2. The van der Waals surface area contributed by atoms with E-state index in [0.717, 1.165) is 5.56 Å². The van der Waals surface area contributed by atoms with Gasteiger partial charge in [0.15, 0.2) is 5.76 Å². The molecule has 2 aromatic heterocycles. The normalized spacial score (nSPS) is 10.3. The molecule has 0 fully saturated rings. The van der Waals surface area contributed by atoms with E-state index in [2.05, 4.69) is 10.6 Å². The average molecular weight is 326 g/mol. The molecule has 0 unspecified atom stereocenters. The molecule has 5 nitrogen and oxygen atoms in total. The summed E-state index contributed by atoms with van der Waals surface area (Å²) >= 11 is 1.48. The lowest BCUT2D eigenvalue weighted by molar-refractivity contribution is 0.0950. The van der Waals surface area contributed by atoms with E-state index in [-0.39, 0.29) is 17.6 Å². The highest BCUT2D eigenvalue weighted by molar-refractivity contribution is 7.08. The van der Waals surface area contributed by atoms with E-state index in [1.165, 1.54) is 17.6 Å². The summed E-state index contributed by atoms with van der Waals surface area (Å²) in [5, 5.41) is 9.26. The van der Waals surface area contributed by atoms with Gasteiger partial charge in [-0.3, -0.25) is 9.59 Å². The Morgan fingerprint density at radius 1 is 1.09 bits per heavy atom. The molecular weight excluding hydrogens is 312 g/mol. The van der Waals surface area contributed by atoms with Crippen molar-refractivity contribution in [3.63, 3.8) is 0 Å².